The van der Waals surface area contributed by atoms with E-state index in [1.807, 2.05) is 6.92 Å². The van der Waals surface area contributed by atoms with E-state index in [4.69, 9.17) is 18.0 Å². The van der Waals surface area contributed by atoms with Crippen LogP contribution < -0.4 is 5.32 Å². The van der Waals surface area contributed by atoms with E-state index in [9.17, 15) is 0 Å². The van der Waals surface area contributed by atoms with Crippen LogP contribution in [0.25, 0.3) is 0 Å². The first kappa shape index (κ1) is 12.8. The lowest BCUT2D eigenvalue weighted by Gasteiger charge is -2.10. The summed E-state index contributed by atoms with van der Waals surface area (Å²) in [5, 5.41) is 3.69. The second kappa shape index (κ2) is 6.34. The summed E-state index contributed by atoms with van der Waals surface area (Å²) in [6, 6.07) is 0. The summed E-state index contributed by atoms with van der Waals surface area (Å²) < 4.78 is 0. The average Bonchev–Trinajstić information content (AvgIpc) is 2.25. The van der Waals surface area contributed by atoms with Crippen LogP contribution in [-0.4, -0.2) is 16.5 Å². The molecule has 0 fully saturated rings. The fourth-order valence-electron chi connectivity index (χ4n) is 1.29. The predicted octanol–water partition coefficient (Wildman–Crippen LogP) is 2.83. The number of aromatic nitrogens is 2. The molecule has 86 valence electrons. The van der Waals surface area contributed by atoms with E-state index < -0.39 is 0 Å². The van der Waals surface area contributed by atoms with Gasteiger partial charge in [-0.25, -0.2) is 9.97 Å². The molecule has 0 unspecified atom stereocenters. The van der Waals surface area contributed by atoms with Crippen molar-refractivity contribution in [3.8, 4) is 12.3 Å². The molecule has 3 nitrogen and oxygen atoms in total. The first-order valence-corrected chi connectivity index (χ1v) is 5.77. The number of rotatable bonds is 5. The minimum absolute atomic E-state index is 0.515. The van der Waals surface area contributed by atoms with Gasteiger partial charge in [0.2, 0.25) is 0 Å². The molecule has 0 amide bonds. The molecule has 1 rings (SSSR count). The van der Waals surface area contributed by atoms with Crippen molar-refractivity contribution in [2.45, 2.75) is 33.1 Å². The van der Waals surface area contributed by atoms with Crippen LogP contribution in [0, 0.1) is 19.3 Å². The summed E-state index contributed by atoms with van der Waals surface area (Å²) in [7, 11) is 0. The van der Waals surface area contributed by atoms with Crippen LogP contribution in [0.3, 0.4) is 0 Å². The van der Waals surface area contributed by atoms with Crippen molar-refractivity contribution >= 4 is 17.4 Å². The molecule has 0 atom stereocenters. The van der Waals surface area contributed by atoms with Crippen LogP contribution in [0.1, 0.15) is 31.2 Å². The van der Waals surface area contributed by atoms with Crippen molar-refractivity contribution in [2.75, 3.05) is 11.9 Å². The van der Waals surface area contributed by atoms with Gasteiger partial charge < -0.3 is 5.32 Å². The average molecular weight is 238 g/mol. The van der Waals surface area contributed by atoms with E-state index >= 15 is 0 Å². The first-order chi connectivity index (χ1) is 7.69. The fraction of sp³-hybridized carbons (Fsp3) is 0.500. The van der Waals surface area contributed by atoms with E-state index in [1.165, 1.54) is 0 Å². The zero-order valence-corrected chi connectivity index (χ0v) is 10.4. The molecule has 0 spiro atoms. The minimum Gasteiger partial charge on any atom is -0.369 e. The molecule has 1 aromatic heterocycles. The second-order valence-electron chi connectivity index (χ2n) is 3.54. The van der Waals surface area contributed by atoms with E-state index in [1.54, 1.807) is 0 Å². The Bertz CT molecular complexity index is 396. The van der Waals surface area contributed by atoms with Crippen LogP contribution in [0.5, 0.6) is 0 Å². The fourth-order valence-corrected chi connectivity index (χ4v) is 1.48. The number of hydrogen-bond acceptors (Lipinski definition) is 3. The smallest absolute Gasteiger partial charge is 0.137 e. The van der Waals surface area contributed by atoms with Gasteiger partial charge in [0, 0.05) is 24.9 Å². The highest BCUT2D eigenvalue weighted by molar-refractivity contribution is 6.30. The summed E-state index contributed by atoms with van der Waals surface area (Å²) in [6.45, 7) is 4.69. The van der Waals surface area contributed by atoms with Crippen LogP contribution >= 0.6 is 11.6 Å². The minimum atomic E-state index is 0.515. The monoisotopic (exact) mass is 237 g/mol. The largest absolute Gasteiger partial charge is 0.369 e. The molecule has 16 heavy (non-hydrogen) atoms. The Morgan fingerprint density at radius 1 is 1.44 bits per heavy atom. The molecule has 1 heterocycles. The molecule has 0 aliphatic carbocycles. The number of halogens is 1. The van der Waals surface area contributed by atoms with Gasteiger partial charge in [-0.3, -0.25) is 0 Å². The van der Waals surface area contributed by atoms with Crippen molar-refractivity contribution in [1.29, 1.82) is 0 Å². The molecule has 0 aliphatic heterocycles. The van der Waals surface area contributed by atoms with Gasteiger partial charge in [0.25, 0.3) is 0 Å². The number of aryl methyl sites for hydroxylation is 1. The van der Waals surface area contributed by atoms with Crippen molar-refractivity contribution in [3.63, 3.8) is 0 Å². The lowest BCUT2D eigenvalue weighted by Crippen LogP contribution is -2.08. The first-order valence-electron chi connectivity index (χ1n) is 5.39. The maximum atomic E-state index is 6.04. The highest BCUT2D eigenvalue weighted by Crippen LogP contribution is 2.20. The summed E-state index contributed by atoms with van der Waals surface area (Å²) in [5.74, 6) is 4.14. The van der Waals surface area contributed by atoms with Gasteiger partial charge in [-0.1, -0.05) is 18.5 Å². The van der Waals surface area contributed by atoms with E-state index in [0.717, 1.165) is 30.0 Å². The summed E-state index contributed by atoms with van der Waals surface area (Å²) >= 11 is 6.04. The molecule has 0 aromatic carbocycles. The molecule has 0 saturated heterocycles. The molecular formula is C12H16ClN3. The van der Waals surface area contributed by atoms with Gasteiger partial charge in [0.05, 0.1) is 0 Å². The van der Waals surface area contributed by atoms with E-state index in [-0.39, 0.29) is 0 Å². The summed E-state index contributed by atoms with van der Waals surface area (Å²) in [4.78, 5) is 8.64. The van der Waals surface area contributed by atoms with Crippen molar-refractivity contribution in [1.82, 2.24) is 9.97 Å². The lowest BCUT2D eigenvalue weighted by molar-refractivity contribution is 0.830. The van der Waals surface area contributed by atoms with Gasteiger partial charge >= 0.3 is 0 Å². The topological polar surface area (TPSA) is 37.8 Å². The Morgan fingerprint density at radius 3 is 2.81 bits per heavy atom. The Morgan fingerprint density at radius 2 is 2.19 bits per heavy atom. The zero-order valence-electron chi connectivity index (χ0n) is 9.68. The Labute approximate surface area is 102 Å². The number of hydrogen-bond donors (Lipinski definition) is 1. The van der Waals surface area contributed by atoms with E-state index in [0.29, 0.717) is 18.1 Å². The number of anilines is 1. The van der Waals surface area contributed by atoms with Gasteiger partial charge in [-0.15, -0.1) is 12.3 Å². The Kier molecular flexibility index (Phi) is 5.07. The number of nitrogens with one attached hydrogen (secondary N) is 1. The standard InChI is InChI=1S/C12H16ClN3/c1-4-6-8-14-12-9(3)11(13)15-10(16-12)7-5-2/h1H,5-8H2,2-3H3,(H,14,15,16). The Hall–Kier alpha value is -1.27. The lowest BCUT2D eigenvalue weighted by atomic mass is 10.3. The maximum absolute atomic E-state index is 6.04. The Balaban J connectivity index is 2.84. The van der Waals surface area contributed by atoms with Gasteiger partial charge in [0.1, 0.15) is 16.8 Å². The number of nitrogens with zero attached hydrogens (tertiary/aromatic N) is 2. The summed E-state index contributed by atoms with van der Waals surface area (Å²) in [5.41, 5.74) is 0.874. The van der Waals surface area contributed by atoms with Crippen LogP contribution in [0.2, 0.25) is 5.15 Å². The molecule has 1 aromatic rings. The highest BCUT2D eigenvalue weighted by atomic mass is 35.5. The maximum Gasteiger partial charge on any atom is 0.137 e. The SMILES string of the molecule is C#CCCNc1nc(CCC)nc(Cl)c1C. The van der Waals surface area contributed by atoms with Gasteiger partial charge in [-0.2, -0.15) is 0 Å². The van der Waals surface area contributed by atoms with Crippen LogP contribution in [-0.2, 0) is 6.42 Å². The normalized spacial score (nSPS) is 9.88. The van der Waals surface area contributed by atoms with Gasteiger partial charge in [0.15, 0.2) is 0 Å². The quantitative estimate of drug-likeness (QED) is 0.486. The predicted molar refractivity (Wildman–Crippen MR) is 67.7 cm³/mol. The molecule has 0 aliphatic rings. The van der Waals surface area contributed by atoms with Crippen molar-refractivity contribution in [3.05, 3.63) is 16.5 Å². The zero-order chi connectivity index (χ0) is 12.0. The molecule has 0 bridgehead atoms. The van der Waals surface area contributed by atoms with Crippen LogP contribution in [0.4, 0.5) is 5.82 Å². The molecule has 1 N–H and O–H groups in total. The molecule has 0 radical (unpaired) electrons. The summed E-state index contributed by atoms with van der Waals surface area (Å²) in [6.07, 6.45) is 7.70. The van der Waals surface area contributed by atoms with Crippen molar-refractivity contribution < 1.29 is 0 Å². The van der Waals surface area contributed by atoms with E-state index in [2.05, 4.69) is 28.1 Å². The molecule has 0 saturated carbocycles. The van der Waals surface area contributed by atoms with Gasteiger partial charge in [-0.05, 0) is 13.3 Å². The molecular weight excluding hydrogens is 222 g/mol. The third kappa shape index (κ3) is 3.39. The number of terminal acetylenes is 1. The molecule has 4 heteroatoms. The van der Waals surface area contributed by atoms with Crippen molar-refractivity contribution in [2.24, 2.45) is 0 Å². The highest BCUT2D eigenvalue weighted by Gasteiger charge is 2.08. The second-order valence-corrected chi connectivity index (χ2v) is 3.89. The van der Waals surface area contributed by atoms with Crippen LogP contribution in [0.15, 0.2) is 0 Å². The third-order valence-electron chi connectivity index (χ3n) is 2.17. The third-order valence-corrected chi connectivity index (χ3v) is 2.54.